The van der Waals surface area contributed by atoms with Crippen LogP contribution in [0.25, 0.3) is 0 Å². The maximum atomic E-state index is 11.6. The molecule has 0 atom stereocenters. The average Bonchev–Trinajstić information content (AvgIpc) is 2.40. The summed E-state index contributed by atoms with van der Waals surface area (Å²) in [5.74, 6) is 0.581. The van der Waals surface area contributed by atoms with Crippen LogP contribution in [-0.4, -0.2) is 42.7 Å². The molecule has 0 aromatic heterocycles. The predicted octanol–water partition coefficient (Wildman–Crippen LogP) is 1.36. The number of nitrogens with zero attached hydrogens (tertiary/aromatic N) is 1. The van der Waals surface area contributed by atoms with Crippen LogP contribution in [0.1, 0.15) is 19.4 Å². The second-order valence-electron chi connectivity index (χ2n) is 4.22. The molecule has 1 rings (SSSR count). The van der Waals surface area contributed by atoms with E-state index >= 15 is 0 Å². The number of phenolic OH excluding ortho intramolecular Hbond substituents is 1. The number of benzene rings is 1. The van der Waals surface area contributed by atoms with E-state index in [-0.39, 0.29) is 11.7 Å². The van der Waals surface area contributed by atoms with Crippen molar-refractivity contribution in [3.63, 3.8) is 0 Å². The largest absolute Gasteiger partial charge is 0.504 e. The molecule has 0 bridgehead atoms. The summed E-state index contributed by atoms with van der Waals surface area (Å²) in [6, 6.07) is 5.37. The Morgan fingerprint density at radius 1 is 1.42 bits per heavy atom. The van der Waals surface area contributed by atoms with Gasteiger partial charge in [-0.25, -0.2) is 0 Å². The van der Waals surface area contributed by atoms with Gasteiger partial charge in [0.05, 0.1) is 13.7 Å². The Bertz CT molecular complexity index is 421. The molecule has 0 heterocycles. The molecular weight excluding hydrogens is 244 g/mol. The van der Waals surface area contributed by atoms with Gasteiger partial charge in [-0.1, -0.05) is 19.1 Å². The van der Waals surface area contributed by atoms with Crippen molar-refractivity contribution in [3.05, 3.63) is 23.8 Å². The topological polar surface area (TPSA) is 61.8 Å². The molecule has 0 radical (unpaired) electrons. The first-order valence-electron chi connectivity index (χ1n) is 6.46. The lowest BCUT2D eigenvalue weighted by Crippen LogP contribution is -2.36. The third-order valence-electron chi connectivity index (χ3n) is 2.88. The molecule has 0 fully saturated rings. The van der Waals surface area contributed by atoms with Crippen molar-refractivity contribution in [2.24, 2.45) is 0 Å². The van der Waals surface area contributed by atoms with Crippen LogP contribution in [0.4, 0.5) is 0 Å². The molecule has 0 unspecified atom stereocenters. The lowest BCUT2D eigenvalue weighted by Gasteiger charge is -2.20. The second kappa shape index (κ2) is 7.63. The average molecular weight is 266 g/mol. The van der Waals surface area contributed by atoms with Crippen LogP contribution in [0.15, 0.2) is 18.2 Å². The summed E-state index contributed by atoms with van der Waals surface area (Å²) < 4.78 is 5.07. The molecule has 5 nitrogen and oxygen atoms in total. The number of likely N-dealkylation sites (N-methyl/N-ethyl adjacent to an activating group) is 2. The number of rotatable bonds is 7. The van der Waals surface area contributed by atoms with Crippen LogP contribution < -0.4 is 10.1 Å². The van der Waals surface area contributed by atoms with Gasteiger partial charge in [-0.15, -0.1) is 0 Å². The summed E-state index contributed by atoms with van der Waals surface area (Å²) in [6.07, 6.45) is 0. The van der Waals surface area contributed by atoms with Crippen molar-refractivity contribution >= 4 is 5.91 Å². The summed E-state index contributed by atoms with van der Waals surface area (Å²) in [4.78, 5) is 13.5. The van der Waals surface area contributed by atoms with E-state index in [1.54, 1.807) is 6.07 Å². The van der Waals surface area contributed by atoms with E-state index in [4.69, 9.17) is 4.74 Å². The highest BCUT2D eigenvalue weighted by molar-refractivity contribution is 5.77. The Kier molecular flexibility index (Phi) is 6.15. The number of aromatic hydroxyl groups is 1. The molecule has 1 amide bonds. The Balaban J connectivity index is 2.73. The molecule has 0 saturated heterocycles. The number of hydrogen-bond donors (Lipinski definition) is 2. The van der Waals surface area contributed by atoms with Crippen molar-refractivity contribution in [3.8, 4) is 11.5 Å². The molecule has 19 heavy (non-hydrogen) atoms. The van der Waals surface area contributed by atoms with Gasteiger partial charge in [0.1, 0.15) is 0 Å². The van der Waals surface area contributed by atoms with Crippen molar-refractivity contribution in [2.75, 3.05) is 26.7 Å². The van der Waals surface area contributed by atoms with Crippen LogP contribution in [0.5, 0.6) is 11.5 Å². The van der Waals surface area contributed by atoms with Gasteiger partial charge in [-0.05, 0) is 19.5 Å². The first-order chi connectivity index (χ1) is 9.12. The zero-order valence-electron chi connectivity index (χ0n) is 11.8. The van der Waals surface area contributed by atoms with Crippen molar-refractivity contribution in [2.45, 2.75) is 20.4 Å². The van der Waals surface area contributed by atoms with E-state index in [1.807, 2.05) is 30.9 Å². The molecule has 1 aromatic rings. The van der Waals surface area contributed by atoms with Gasteiger partial charge in [-0.2, -0.15) is 0 Å². The van der Waals surface area contributed by atoms with Crippen LogP contribution in [0, 0.1) is 0 Å². The van der Waals surface area contributed by atoms with Crippen molar-refractivity contribution < 1.29 is 14.6 Å². The van der Waals surface area contributed by atoms with Crippen LogP contribution in [0.3, 0.4) is 0 Å². The molecule has 2 N–H and O–H groups in total. The number of para-hydroxylation sites is 1. The molecule has 106 valence electrons. The number of carbonyl (C=O) groups excluding carboxylic acids is 1. The zero-order valence-corrected chi connectivity index (χ0v) is 11.8. The smallest absolute Gasteiger partial charge is 0.234 e. The van der Waals surface area contributed by atoms with E-state index < -0.39 is 0 Å². The molecule has 5 heteroatoms. The van der Waals surface area contributed by atoms with Gasteiger partial charge in [0.25, 0.3) is 0 Å². The molecule has 0 saturated carbocycles. The molecule has 0 aliphatic heterocycles. The Morgan fingerprint density at radius 2 is 2.16 bits per heavy atom. The number of carbonyl (C=O) groups is 1. The van der Waals surface area contributed by atoms with Gasteiger partial charge >= 0.3 is 0 Å². The minimum Gasteiger partial charge on any atom is -0.504 e. The number of hydrogen-bond acceptors (Lipinski definition) is 4. The Hall–Kier alpha value is -1.75. The van der Waals surface area contributed by atoms with Gasteiger partial charge < -0.3 is 15.2 Å². The number of nitrogens with one attached hydrogen (secondary N) is 1. The summed E-state index contributed by atoms with van der Waals surface area (Å²) in [7, 11) is 1.52. The van der Waals surface area contributed by atoms with Gasteiger partial charge in [0.15, 0.2) is 11.5 Å². The summed E-state index contributed by atoms with van der Waals surface area (Å²) in [5.41, 5.74) is 0.755. The quantitative estimate of drug-likeness (QED) is 0.782. The van der Waals surface area contributed by atoms with Crippen molar-refractivity contribution in [1.82, 2.24) is 10.2 Å². The number of phenols is 1. The first-order valence-corrected chi connectivity index (χ1v) is 6.46. The van der Waals surface area contributed by atoms with E-state index in [9.17, 15) is 9.90 Å². The summed E-state index contributed by atoms with van der Waals surface area (Å²) in [5, 5.41) is 12.8. The highest BCUT2D eigenvalue weighted by Crippen LogP contribution is 2.30. The van der Waals surface area contributed by atoms with Gasteiger partial charge in [-0.3, -0.25) is 9.69 Å². The first kappa shape index (κ1) is 15.3. The Labute approximate surface area is 114 Å². The Morgan fingerprint density at radius 3 is 2.74 bits per heavy atom. The zero-order chi connectivity index (χ0) is 14.3. The van der Waals surface area contributed by atoms with Crippen LogP contribution >= 0.6 is 0 Å². The maximum absolute atomic E-state index is 11.6. The van der Waals surface area contributed by atoms with Gasteiger partial charge in [0, 0.05) is 18.7 Å². The number of amides is 1. The molecule has 1 aromatic carbocycles. The molecule has 0 aliphatic rings. The number of ether oxygens (including phenoxy) is 1. The normalized spacial score (nSPS) is 10.5. The minimum absolute atomic E-state index is 0.00765. The molecule has 0 aliphatic carbocycles. The van der Waals surface area contributed by atoms with E-state index in [2.05, 4.69) is 5.32 Å². The third-order valence-corrected chi connectivity index (χ3v) is 2.88. The fraction of sp³-hybridized carbons (Fsp3) is 0.500. The van der Waals surface area contributed by atoms with E-state index in [0.717, 1.165) is 12.1 Å². The fourth-order valence-electron chi connectivity index (χ4n) is 1.84. The molecule has 0 spiro atoms. The van der Waals surface area contributed by atoms with Crippen molar-refractivity contribution in [1.29, 1.82) is 0 Å². The monoisotopic (exact) mass is 266 g/mol. The standard InChI is InChI=1S/C14H22N2O3/c1-4-15-13(17)10-16(5-2)9-11-7-6-8-12(19-3)14(11)18/h6-8,18H,4-5,9-10H2,1-3H3,(H,15,17). The van der Waals surface area contributed by atoms with Crippen LogP contribution in [0.2, 0.25) is 0 Å². The van der Waals surface area contributed by atoms with E-state index in [0.29, 0.717) is 25.4 Å². The minimum atomic E-state index is -0.00765. The van der Waals surface area contributed by atoms with E-state index in [1.165, 1.54) is 7.11 Å². The fourth-order valence-corrected chi connectivity index (χ4v) is 1.84. The van der Waals surface area contributed by atoms with Gasteiger partial charge in [0.2, 0.25) is 5.91 Å². The lowest BCUT2D eigenvalue weighted by atomic mass is 10.1. The molecular formula is C14H22N2O3. The second-order valence-corrected chi connectivity index (χ2v) is 4.22. The highest BCUT2D eigenvalue weighted by atomic mass is 16.5. The third kappa shape index (κ3) is 4.44. The predicted molar refractivity (Wildman–Crippen MR) is 74.3 cm³/mol. The maximum Gasteiger partial charge on any atom is 0.234 e. The lowest BCUT2D eigenvalue weighted by molar-refractivity contribution is -0.122. The SMILES string of the molecule is CCNC(=O)CN(CC)Cc1cccc(OC)c1O. The highest BCUT2D eigenvalue weighted by Gasteiger charge is 2.13. The summed E-state index contributed by atoms with van der Waals surface area (Å²) >= 11 is 0. The number of methoxy groups -OCH3 is 1. The summed E-state index contributed by atoms with van der Waals surface area (Å²) in [6.45, 7) is 6.06. The van der Waals surface area contributed by atoms with Crippen LogP contribution in [-0.2, 0) is 11.3 Å².